The third kappa shape index (κ3) is 5.40. The van der Waals surface area contributed by atoms with Crippen LogP contribution in [0.3, 0.4) is 0 Å². The lowest BCUT2D eigenvalue weighted by Gasteiger charge is -2.26. The minimum atomic E-state index is 0.676. The van der Waals surface area contributed by atoms with E-state index in [0.717, 1.165) is 31.4 Å². The average molecular weight is 286 g/mol. The Morgan fingerprint density at radius 2 is 1.81 bits per heavy atom. The van der Waals surface area contributed by atoms with Gasteiger partial charge in [-0.3, -0.25) is 0 Å². The molecule has 0 unspecified atom stereocenters. The molecule has 0 aliphatic heterocycles. The Bertz CT molecular complexity index is 441. The highest BCUT2D eigenvalue weighted by Crippen LogP contribution is 2.21. The monoisotopic (exact) mass is 286 g/mol. The van der Waals surface area contributed by atoms with Crippen LogP contribution in [0.4, 0.5) is 0 Å². The summed E-state index contributed by atoms with van der Waals surface area (Å²) in [6, 6.07) is 10.2. The summed E-state index contributed by atoms with van der Waals surface area (Å²) in [5.41, 5.74) is 0.676. The molecule has 0 aromatic heterocycles. The first-order chi connectivity index (χ1) is 10.3. The van der Waals surface area contributed by atoms with Crippen molar-refractivity contribution in [1.29, 1.82) is 5.26 Å². The van der Waals surface area contributed by atoms with Gasteiger partial charge >= 0.3 is 0 Å². The molecule has 114 valence electrons. The summed E-state index contributed by atoms with van der Waals surface area (Å²) in [5.74, 6) is 0.853. The molecule has 1 aliphatic carbocycles. The molecule has 0 bridgehead atoms. The van der Waals surface area contributed by atoms with Crippen LogP contribution < -0.4 is 4.74 Å². The number of hydrogen-bond donors (Lipinski definition) is 0. The number of nitrogens with zero attached hydrogens (tertiary/aromatic N) is 2. The van der Waals surface area contributed by atoms with Crippen LogP contribution in [0.2, 0.25) is 0 Å². The summed E-state index contributed by atoms with van der Waals surface area (Å²) >= 11 is 0. The molecule has 1 aromatic carbocycles. The van der Waals surface area contributed by atoms with Crippen LogP contribution in [0.5, 0.6) is 5.75 Å². The van der Waals surface area contributed by atoms with Crippen molar-refractivity contribution in [3.05, 3.63) is 29.8 Å². The van der Waals surface area contributed by atoms with Gasteiger partial charge < -0.3 is 9.64 Å². The summed E-state index contributed by atoms with van der Waals surface area (Å²) in [4.78, 5) is 2.51. The number of nitriles is 1. The second kappa shape index (κ2) is 8.69. The van der Waals surface area contributed by atoms with E-state index in [2.05, 4.69) is 18.0 Å². The summed E-state index contributed by atoms with van der Waals surface area (Å²) in [7, 11) is 2.25. The van der Waals surface area contributed by atoms with Gasteiger partial charge in [-0.1, -0.05) is 25.7 Å². The van der Waals surface area contributed by atoms with Crippen molar-refractivity contribution in [2.75, 3.05) is 20.2 Å². The minimum Gasteiger partial charge on any atom is -0.494 e. The zero-order chi connectivity index (χ0) is 14.9. The van der Waals surface area contributed by atoms with Crippen molar-refractivity contribution >= 4 is 0 Å². The van der Waals surface area contributed by atoms with E-state index < -0.39 is 0 Å². The van der Waals surface area contributed by atoms with E-state index >= 15 is 0 Å². The van der Waals surface area contributed by atoms with Gasteiger partial charge in [-0.25, -0.2) is 0 Å². The predicted molar refractivity (Wildman–Crippen MR) is 85.4 cm³/mol. The molecule has 1 aromatic rings. The molecule has 0 atom stereocenters. The molecule has 0 saturated heterocycles. The Hall–Kier alpha value is -1.53. The van der Waals surface area contributed by atoms with E-state index in [1.807, 2.05) is 12.1 Å². The molecule has 0 radical (unpaired) electrons. The largest absolute Gasteiger partial charge is 0.494 e. The van der Waals surface area contributed by atoms with Crippen molar-refractivity contribution in [3.8, 4) is 11.8 Å². The molecule has 1 fully saturated rings. The first kappa shape index (κ1) is 15.9. The van der Waals surface area contributed by atoms with Crippen molar-refractivity contribution in [3.63, 3.8) is 0 Å². The lowest BCUT2D eigenvalue weighted by Crippen LogP contribution is -2.32. The van der Waals surface area contributed by atoms with E-state index in [9.17, 15) is 0 Å². The van der Waals surface area contributed by atoms with Crippen molar-refractivity contribution < 1.29 is 4.74 Å². The summed E-state index contributed by atoms with van der Waals surface area (Å²) in [6.45, 7) is 1.84. The first-order valence-electron chi connectivity index (χ1n) is 8.13. The molecule has 0 heterocycles. The smallest absolute Gasteiger partial charge is 0.119 e. The summed E-state index contributed by atoms with van der Waals surface area (Å²) in [6.07, 6.45) is 9.35. The number of ether oxygens (including phenoxy) is 1. The van der Waals surface area contributed by atoms with E-state index in [4.69, 9.17) is 10.00 Å². The standard InChI is InChI=1S/C18H26N2O/c1-20(17-7-4-2-3-5-8-17)13-6-14-21-18-11-9-16(15-19)10-12-18/h9-12,17H,2-8,13-14H2,1H3. The molecule has 3 heteroatoms. The van der Waals surface area contributed by atoms with Crippen LogP contribution in [0, 0.1) is 11.3 Å². The van der Waals surface area contributed by atoms with Crippen LogP contribution in [0.25, 0.3) is 0 Å². The Balaban J connectivity index is 1.65. The van der Waals surface area contributed by atoms with Gasteiger partial charge in [-0.05, 0) is 50.6 Å². The topological polar surface area (TPSA) is 36.3 Å². The molecule has 3 nitrogen and oxygen atoms in total. The van der Waals surface area contributed by atoms with Gasteiger partial charge in [0.15, 0.2) is 0 Å². The predicted octanol–water partition coefficient (Wildman–Crippen LogP) is 3.98. The highest BCUT2D eigenvalue weighted by molar-refractivity contribution is 5.34. The molecule has 1 saturated carbocycles. The minimum absolute atomic E-state index is 0.676. The second-order valence-corrected chi connectivity index (χ2v) is 5.96. The van der Waals surface area contributed by atoms with Crippen molar-refractivity contribution in [2.24, 2.45) is 0 Å². The van der Waals surface area contributed by atoms with Gasteiger partial charge in [0.1, 0.15) is 5.75 Å². The van der Waals surface area contributed by atoms with Gasteiger partial charge in [-0.2, -0.15) is 5.26 Å². The van der Waals surface area contributed by atoms with Gasteiger partial charge in [0, 0.05) is 12.6 Å². The van der Waals surface area contributed by atoms with E-state index in [0.29, 0.717) is 5.56 Å². The first-order valence-corrected chi connectivity index (χ1v) is 8.13. The number of hydrogen-bond acceptors (Lipinski definition) is 3. The maximum atomic E-state index is 8.75. The normalized spacial score (nSPS) is 16.4. The Kier molecular flexibility index (Phi) is 6.56. The van der Waals surface area contributed by atoms with Gasteiger partial charge in [0.25, 0.3) is 0 Å². The van der Waals surface area contributed by atoms with Gasteiger partial charge in [-0.15, -0.1) is 0 Å². The third-order valence-electron chi connectivity index (χ3n) is 4.36. The summed E-state index contributed by atoms with van der Waals surface area (Å²) < 4.78 is 5.73. The van der Waals surface area contributed by atoms with Gasteiger partial charge in [0.05, 0.1) is 18.2 Å². The molecular formula is C18H26N2O. The quantitative estimate of drug-likeness (QED) is 0.586. The van der Waals surface area contributed by atoms with E-state index in [1.54, 1.807) is 12.1 Å². The maximum absolute atomic E-state index is 8.75. The number of benzene rings is 1. The van der Waals surface area contributed by atoms with Crippen LogP contribution in [-0.4, -0.2) is 31.1 Å². The highest BCUT2D eigenvalue weighted by Gasteiger charge is 2.16. The third-order valence-corrected chi connectivity index (χ3v) is 4.36. The van der Waals surface area contributed by atoms with Crippen molar-refractivity contribution in [2.45, 2.75) is 51.0 Å². The maximum Gasteiger partial charge on any atom is 0.119 e. The molecule has 0 amide bonds. The Labute approximate surface area is 128 Å². The van der Waals surface area contributed by atoms with E-state index in [1.165, 1.54) is 38.5 Å². The summed E-state index contributed by atoms with van der Waals surface area (Å²) in [5, 5.41) is 8.75. The zero-order valence-electron chi connectivity index (χ0n) is 13.1. The molecule has 21 heavy (non-hydrogen) atoms. The van der Waals surface area contributed by atoms with Crippen LogP contribution in [0.15, 0.2) is 24.3 Å². The lowest BCUT2D eigenvalue weighted by molar-refractivity contribution is 0.199. The van der Waals surface area contributed by atoms with E-state index in [-0.39, 0.29) is 0 Å². The van der Waals surface area contributed by atoms with Crippen LogP contribution >= 0.6 is 0 Å². The van der Waals surface area contributed by atoms with Crippen LogP contribution in [0.1, 0.15) is 50.5 Å². The fourth-order valence-electron chi connectivity index (χ4n) is 3.01. The fraction of sp³-hybridized carbons (Fsp3) is 0.611. The Morgan fingerprint density at radius 3 is 2.43 bits per heavy atom. The lowest BCUT2D eigenvalue weighted by atomic mass is 10.1. The van der Waals surface area contributed by atoms with Gasteiger partial charge in [0.2, 0.25) is 0 Å². The second-order valence-electron chi connectivity index (χ2n) is 5.96. The molecule has 0 N–H and O–H groups in total. The Morgan fingerprint density at radius 1 is 1.14 bits per heavy atom. The molecular weight excluding hydrogens is 260 g/mol. The molecule has 1 aliphatic rings. The van der Waals surface area contributed by atoms with Crippen LogP contribution in [-0.2, 0) is 0 Å². The number of rotatable bonds is 6. The SMILES string of the molecule is CN(CCCOc1ccc(C#N)cc1)C1CCCCCC1. The highest BCUT2D eigenvalue weighted by atomic mass is 16.5. The fourth-order valence-corrected chi connectivity index (χ4v) is 3.01. The molecule has 0 spiro atoms. The average Bonchev–Trinajstić information content (AvgIpc) is 2.81. The van der Waals surface area contributed by atoms with Crippen molar-refractivity contribution in [1.82, 2.24) is 4.90 Å². The molecule has 2 rings (SSSR count). The zero-order valence-corrected chi connectivity index (χ0v) is 13.1.